The predicted molar refractivity (Wildman–Crippen MR) is 213 cm³/mol. The fraction of sp³-hybridized carbons (Fsp3) is 0. The van der Waals surface area contributed by atoms with E-state index in [1.807, 2.05) is 47.7 Å². The molecular formula is C46H27N3OS. The minimum Gasteiger partial charge on any atom is -0.454 e. The molecule has 0 bridgehead atoms. The van der Waals surface area contributed by atoms with Gasteiger partial charge in [0, 0.05) is 64.1 Å². The van der Waals surface area contributed by atoms with Gasteiger partial charge in [0.15, 0.2) is 11.4 Å². The molecule has 0 aliphatic heterocycles. The maximum Gasteiger partial charge on any atom is 0.160 e. The molecule has 0 unspecified atom stereocenters. The van der Waals surface area contributed by atoms with Gasteiger partial charge in [-0.15, -0.1) is 11.3 Å². The number of benzene rings is 7. The van der Waals surface area contributed by atoms with Gasteiger partial charge in [-0.2, -0.15) is 0 Å². The van der Waals surface area contributed by atoms with Crippen LogP contribution in [0.3, 0.4) is 0 Å². The van der Waals surface area contributed by atoms with Crippen LogP contribution in [-0.4, -0.2) is 14.5 Å². The van der Waals surface area contributed by atoms with Gasteiger partial charge in [-0.3, -0.25) is 0 Å². The SMILES string of the molecule is c1ccc(-c2cc(-c3ccccc3)nc(-c3ccc(-n4c5ccccc5c5c6sc7ccccc7c6c6c7ccccc7oc6c54)cc3)n2)cc1. The Hall–Kier alpha value is -6.56. The van der Waals surface area contributed by atoms with Crippen molar-refractivity contribution in [2.24, 2.45) is 0 Å². The van der Waals surface area contributed by atoms with E-state index in [1.165, 1.54) is 36.3 Å². The molecular weight excluding hydrogens is 643 g/mol. The molecule has 0 aliphatic carbocycles. The van der Waals surface area contributed by atoms with E-state index in [-0.39, 0.29) is 0 Å². The van der Waals surface area contributed by atoms with Crippen LogP contribution in [0.15, 0.2) is 168 Å². The van der Waals surface area contributed by atoms with Crippen LogP contribution in [-0.2, 0) is 0 Å². The van der Waals surface area contributed by atoms with Crippen molar-refractivity contribution in [1.82, 2.24) is 14.5 Å². The molecule has 0 spiro atoms. The molecule has 51 heavy (non-hydrogen) atoms. The van der Waals surface area contributed by atoms with E-state index >= 15 is 0 Å². The largest absolute Gasteiger partial charge is 0.454 e. The van der Waals surface area contributed by atoms with Crippen LogP contribution >= 0.6 is 11.3 Å². The Morgan fingerprint density at radius 2 is 1.10 bits per heavy atom. The number of thiophene rings is 1. The summed E-state index contributed by atoms with van der Waals surface area (Å²) in [6.07, 6.45) is 0. The van der Waals surface area contributed by atoms with Crippen LogP contribution in [0.25, 0.3) is 104 Å². The Morgan fingerprint density at radius 3 is 1.82 bits per heavy atom. The minimum atomic E-state index is 0.690. The van der Waals surface area contributed by atoms with Gasteiger partial charge in [0.05, 0.1) is 22.4 Å². The Labute approximate surface area is 296 Å². The van der Waals surface area contributed by atoms with E-state index in [0.29, 0.717) is 5.82 Å². The highest BCUT2D eigenvalue weighted by atomic mass is 32.1. The van der Waals surface area contributed by atoms with Gasteiger partial charge < -0.3 is 8.98 Å². The second kappa shape index (κ2) is 11.0. The van der Waals surface area contributed by atoms with Crippen molar-refractivity contribution in [3.05, 3.63) is 164 Å². The summed E-state index contributed by atoms with van der Waals surface area (Å²) in [6.45, 7) is 0. The zero-order valence-corrected chi connectivity index (χ0v) is 28.1. The van der Waals surface area contributed by atoms with Crippen LogP contribution in [0.4, 0.5) is 0 Å². The molecule has 0 amide bonds. The molecule has 0 aliphatic rings. The fourth-order valence-corrected chi connectivity index (χ4v) is 9.00. The average Bonchev–Trinajstić information content (AvgIpc) is 3.88. The van der Waals surface area contributed by atoms with Crippen LogP contribution in [0.5, 0.6) is 0 Å². The van der Waals surface area contributed by atoms with Gasteiger partial charge in [0.2, 0.25) is 0 Å². The Morgan fingerprint density at radius 1 is 0.490 bits per heavy atom. The molecule has 0 saturated carbocycles. The summed E-state index contributed by atoms with van der Waals surface area (Å²) >= 11 is 1.87. The van der Waals surface area contributed by atoms with E-state index < -0.39 is 0 Å². The lowest BCUT2D eigenvalue weighted by atomic mass is 10.0. The number of aromatic nitrogens is 3. The Kier molecular flexibility index (Phi) is 6.09. The molecule has 7 aromatic carbocycles. The first-order valence-corrected chi connectivity index (χ1v) is 17.9. The first-order chi connectivity index (χ1) is 25.3. The predicted octanol–water partition coefficient (Wildman–Crippen LogP) is 12.8. The molecule has 4 heterocycles. The van der Waals surface area contributed by atoms with Crippen molar-refractivity contribution in [3.8, 4) is 39.6 Å². The molecule has 11 rings (SSSR count). The van der Waals surface area contributed by atoms with Crippen molar-refractivity contribution in [3.63, 3.8) is 0 Å². The molecule has 0 N–H and O–H groups in total. The van der Waals surface area contributed by atoms with Crippen molar-refractivity contribution >= 4 is 75.3 Å². The summed E-state index contributed by atoms with van der Waals surface area (Å²) in [5, 5.41) is 7.28. The monoisotopic (exact) mass is 669 g/mol. The highest BCUT2D eigenvalue weighted by Crippen LogP contribution is 2.50. The van der Waals surface area contributed by atoms with Crippen LogP contribution in [0, 0.1) is 0 Å². The molecule has 0 saturated heterocycles. The standard InChI is InChI=1S/C46H27N3OS/c1-3-13-28(14-4-1)35-27-36(29-15-5-2-6-16-29)48-46(47-35)30-23-25-31(26-24-30)49-37-20-10-7-17-32(37)42-43(49)44-40(33-18-8-11-21-38(33)50-44)41-34-19-9-12-22-39(34)51-45(41)42/h1-27H. The zero-order valence-electron chi connectivity index (χ0n) is 27.2. The highest BCUT2D eigenvalue weighted by molar-refractivity contribution is 7.27. The minimum absolute atomic E-state index is 0.690. The van der Waals surface area contributed by atoms with Crippen LogP contribution < -0.4 is 0 Å². The second-order valence-electron chi connectivity index (χ2n) is 12.9. The molecule has 5 heteroatoms. The number of para-hydroxylation sites is 2. The topological polar surface area (TPSA) is 43.9 Å². The number of hydrogen-bond acceptors (Lipinski definition) is 4. The van der Waals surface area contributed by atoms with Crippen molar-refractivity contribution in [2.45, 2.75) is 0 Å². The Bertz CT molecular complexity index is 3060. The van der Waals surface area contributed by atoms with E-state index in [9.17, 15) is 0 Å². The molecule has 11 aromatic rings. The molecule has 0 atom stereocenters. The summed E-state index contributed by atoms with van der Waals surface area (Å²) in [5.74, 6) is 0.690. The summed E-state index contributed by atoms with van der Waals surface area (Å²) < 4.78 is 11.8. The number of rotatable bonds is 4. The lowest BCUT2D eigenvalue weighted by Gasteiger charge is -2.11. The maximum atomic E-state index is 6.85. The number of furan rings is 1. The second-order valence-corrected chi connectivity index (χ2v) is 14.0. The summed E-state index contributed by atoms with van der Waals surface area (Å²) in [7, 11) is 0. The van der Waals surface area contributed by atoms with E-state index in [2.05, 4.69) is 132 Å². The van der Waals surface area contributed by atoms with E-state index in [4.69, 9.17) is 14.4 Å². The van der Waals surface area contributed by atoms with Gasteiger partial charge in [-0.25, -0.2) is 9.97 Å². The quantitative estimate of drug-likeness (QED) is 0.187. The number of fused-ring (bicyclic) bond motifs is 12. The normalized spacial score (nSPS) is 11.9. The van der Waals surface area contributed by atoms with Crippen LogP contribution in [0.2, 0.25) is 0 Å². The summed E-state index contributed by atoms with van der Waals surface area (Å²) in [6, 6.07) is 57.3. The maximum absolute atomic E-state index is 6.85. The first-order valence-electron chi connectivity index (χ1n) is 17.1. The van der Waals surface area contributed by atoms with Gasteiger partial charge in [0.1, 0.15) is 5.58 Å². The number of hydrogen-bond donors (Lipinski definition) is 0. The van der Waals surface area contributed by atoms with Gasteiger partial charge in [-0.05, 0) is 48.5 Å². The zero-order chi connectivity index (χ0) is 33.5. The third-order valence-corrected chi connectivity index (χ3v) is 11.2. The highest BCUT2D eigenvalue weighted by Gasteiger charge is 2.25. The molecule has 0 fully saturated rings. The van der Waals surface area contributed by atoms with Gasteiger partial charge >= 0.3 is 0 Å². The lowest BCUT2D eigenvalue weighted by Crippen LogP contribution is -1.97. The summed E-state index contributed by atoms with van der Waals surface area (Å²) in [4.78, 5) is 10.2. The smallest absolute Gasteiger partial charge is 0.160 e. The van der Waals surface area contributed by atoms with Crippen molar-refractivity contribution in [2.75, 3.05) is 0 Å². The third-order valence-electron chi connectivity index (χ3n) is 10.0. The molecule has 0 radical (unpaired) electrons. The third kappa shape index (κ3) is 4.25. The average molecular weight is 670 g/mol. The first kappa shape index (κ1) is 28.3. The van der Waals surface area contributed by atoms with Crippen molar-refractivity contribution in [1.29, 1.82) is 0 Å². The molecule has 238 valence electrons. The van der Waals surface area contributed by atoms with Crippen molar-refractivity contribution < 1.29 is 4.42 Å². The van der Waals surface area contributed by atoms with E-state index in [1.54, 1.807) is 0 Å². The molecule has 4 nitrogen and oxygen atoms in total. The fourth-order valence-electron chi connectivity index (χ4n) is 7.73. The van der Waals surface area contributed by atoms with E-state index in [0.717, 1.165) is 61.4 Å². The van der Waals surface area contributed by atoms with Gasteiger partial charge in [-0.1, -0.05) is 115 Å². The molecule has 4 aromatic heterocycles. The summed E-state index contributed by atoms with van der Waals surface area (Å²) in [5.41, 5.74) is 9.94. The van der Waals surface area contributed by atoms with Crippen LogP contribution in [0.1, 0.15) is 0 Å². The van der Waals surface area contributed by atoms with Gasteiger partial charge in [0.25, 0.3) is 0 Å². The Balaban J connectivity index is 1.17. The lowest BCUT2D eigenvalue weighted by molar-refractivity contribution is 0.671. The number of nitrogens with zero attached hydrogens (tertiary/aromatic N) is 3.